The summed E-state index contributed by atoms with van der Waals surface area (Å²) in [4.78, 5) is 0. The molecule has 0 aliphatic carbocycles. The van der Waals surface area contributed by atoms with Crippen molar-refractivity contribution in [3.63, 3.8) is 0 Å². The molecule has 17 heavy (non-hydrogen) atoms. The second kappa shape index (κ2) is 6.00. The summed E-state index contributed by atoms with van der Waals surface area (Å²) in [6, 6.07) is 9.63. The third-order valence-corrected chi connectivity index (χ3v) is 2.19. The van der Waals surface area contributed by atoms with Gasteiger partial charge in [0.2, 0.25) is 11.8 Å². The fourth-order valence-electron chi connectivity index (χ4n) is 1.39. The molecule has 0 fully saturated rings. The molecule has 0 saturated heterocycles. The molecule has 2 N–H and O–H groups in total. The molecule has 0 saturated carbocycles. The van der Waals surface area contributed by atoms with Crippen molar-refractivity contribution < 1.29 is 9.15 Å². The summed E-state index contributed by atoms with van der Waals surface area (Å²) in [6.07, 6.45) is 1.22. The Morgan fingerprint density at radius 1 is 1.06 bits per heavy atom. The van der Waals surface area contributed by atoms with Crippen LogP contribution in [0.15, 0.2) is 34.7 Å². The van der Waals surface area contributed by atoms with Gasteiger partial charge < -0.3 is 14.9 Å². The Hall–Kier alpha value is -1.88. The Balaban J connectivity index is 1.78. The molecular weight excluding hydrogens is 218 g/mol. The van der Waals surface area contributed by atoms with Crippen LogP contribution < -0.4 is 10.5 Å². The summed E-state index contributed by atoms with van der Waals surface area (Å²) in [6.45, 7) is 1.04. The third kappa shape index (κ3) is 3.57. The highest BCUT2D eigenvalue weighted by atomic mass is 16.5. The van der Waals surface area contributed by atoms with E-state index >= 15 is 0 Å². The van der Waals surface area contributed by atoms with Crippen molar-refractivity contribution in [1.29, 1.82) is 0 Å². The van der Waals surface area contributed by atoms with E-state index in [0.717, 1.165) is 5.75 Å². The Morgan fingerprint density at radius 2 is 1.76 bits per heavy atom. The number of ether oxygens (including phenoxy) is 1. The number of para-hydroxylation sites is 1. The summed E-state index contributed by atoms with van der Waals surface area (Å²) in [5.41, 5.74) is 5.39. The minimum atomic E-state index is 0.516. The van der Waals surface area contributed by atoms with Crippen LogP contribution in [0.1, 0.15) is 11.8 Å². The molecule has 0 amide bonds. The van der Waals surface area contributed by atoms with Gasteiger partial charge in [-0.25, -0.2) is 0 Å². The number of rotatable bonds is 6. The predicted molar refractivity (Wildman–Crippen MR) is 62.7 cm³/mol. The molecule has 90 valence electrons. The highest BCUT2D eigenvalue weighted by molar-refractivity contribution is 5.20. The zero-order valence-electron chi connectivity index (χ0n) is 9.50. The van der Waals surface area contributed by atoms with Crippen LogP contribution in [0.4, 0.5) is 0 Å². The van der Waals surface area contributed by atoms with Crippen LogP contribution in [-0.4, -0.2) is 23.3 Å². The molecular formula is C12H15N3O2. The van der Waals surface area contributed by atoms with Crippen LogP contribution >= 0.6 is 0 Å². The quantitative estimate of drug-likeness (QED) is 0.811. The molecule has 2 rings (SSSR count). The maximum Gasteiger partial charge on any atom is 0.219 e. The lowest BCUT2D eigenvalue weighted by Gasteiger charge is -2.02. The maximum atomic E-state index is 5.53. The van der Waals surface area contributed by atoms with Crippen LogP contribution in [0.3, 0.4) is 0 Å². The molecule has 1 heterocycles. The van der Waals surface area contributed by atoms with Crippen molar-refractivity contribution >= 4 is 0 Å². The van der Waals surface area contributed by atoms with E-state index in [2.05, 4.69) is 10.2 Å². The first-order valence-electron chi connectivity index (χ1n) is 5.57. The highest BCUT2D eigenvalue weighted by Crippen LogP contribution is 2.09. The molecule has 0 radical (unpaired) electrons. The molecule has 0 atom stereocenters. The highest BCUT2D eigenvalue weighted by Gasteiger charge is 2.05. The first kappa shape index (κ1) is 11.6. The van der Waals surface area contributed by atoms with E-state index in [1.54, 1.807) is 0 Å². The third-order valence-electron chi connectivity index (χ3n) is 2.19. The molecule has 0 unspecified atom stereocenters. The van der Waals surface area contributed by atoms with E-state index in [-0.39, 0.29) is 0 Å². The minimum absolute atomic E-state index is 0.516. The van der Waals surface area contributed by atoms with Crippen molar-refractivity contribution in [3.8, 4) is 5.75 Å². The van der Waals surface area contributed by atoms with Crippen LogP contribution in [-0.2, 0) is 12.8 Å². The normalized spacial score (nSPS) is 10.4. The van der Waals surface area contributed by atoms with E-state index < -0.39 is 0 Å². The SMILES string of the molecule is NCCc1nnc(CCOc2ccccc2)o1. The lowest BCUT2D eigenvalue weighted by molar-refractivity contribution is 0.304. The fraction of sp³-hybridized carbons (Fsp3) is 0.333. The van der Waals surface area contributed by atoms with E-state index in [0.29, 0.717) is 37.8 Å². The fourth-order valence-corrected chi connectivity index (χ4v) is 1.39. The van der Waals surface area contributed by atoms with Crippen LogP contribution in [0.25, 0.3) is 0 Å². The average molecular weight is 233 g/mol. The van der Waals surface area contributed by atoms with Gasteiger partial charge in [-0.15, -0.1) is 10.2 Å². The lowest BCUT2D eigenvalue weighted by Crippen LogP contribution is -2.02. The van der Waals surface area contributed by atoms with Crippen LogP contribution in [0.5, 0.6) is 5.75 Å². The van der Waals surface area contributed by atoms with Crippen molar-refractivity contribution in [2.75, 3.05) is 13.2 Å². The first-order chi connectivity index (χ1) is 8.38. The Morgan fingerprint density at radius 3 is 2.47 bits per heavy atom. The average Bonchev–Trinajstić information content (AvgIpc) is 2.79. The van der Waals surface area contributed by atoms with Crippen molar-refractivity contribution in [3.05, 3.63) is 42.1 Å². The summed E-state index contributed by atoms with van der Waals surface area (Å²) in [5, 5.41) is 7.79. The smallest absolute Gasteiger partial charge is 0.219 e. The van der Waals surface area contributed by atoms with E-state index in [1.165, 1.54) is 0 Å². The number of hydrogen-bond acceptors (Lipinski definition) is 5. The molecule has 2 aromatic rings. The molecule has 1 aromatic heterocycles. The van der Waals surface area contributed by atoms with Gasteiger partial charge in [-0.05, 0) is 12.1 Å². The zero-order chi connectivity index (χ0) is 11.9. The van der Waals surface area contributed by atoms with Gasteiger partial charge in [-0.3, -0.25) is 0 Å². The predicted octanol–water partition coefficient (Wildman–Crippen LogP) is 1.19. The second-order valence-electron chi connectivity index (χ2n) is 3.54. The van der Waals surface area contributed by atoms with Gasteiger partial charge in [-0.2, -0.15) is 0 Å². The van der Waals surface area contributed by atoms with Gasteiger partial charge in [0.05, 0.1) is 13.0 Å². The number of nitrogens with two attached hydrogens (primary N) is 1. The van der Waals surface area contributed by atoms with E-state index in [1.807, 2.05) is 30.3 Å². The topological polar surface area (TPSA) is 74.2 Å². The summed E-state index contributed by atoms with van der Waals surface area (Å²) in [5.74, 6) is 2.01. The van der Waals surface area contributed by atoms with E-state index in [4.69, 9.17) is 14.9 Å². The number of nitrogens with zero attached hydrogens (tertiary/aromatic N) is 2. The zero-order valence-corrected chi connectivity index (χ0v) is 9.50. The molecule has 0 spiro atoms. The van der Waals surface area contributed by atoms with Crippen molar-refractivity contribution in [2.45, 2.75) is 12.8 Å². The number of benzene rings is 1. The summed E-state index contributed by atoms with van der Waals surface area (Å²) in [7, 11) is 0. The summed E-state index contributed by atoms with van der Waals surface area (Å²) < 4.78 is 10.9. The van der Waals surface area contributed by atoms with Gasteiger partial charge >= 0.3 is 0 Å². The molecule has 0 aliphatic heterocycles. The Kier molecular flexibility index (Phi) is 4.10. The van der Waals surface area contributed by atoms with Crippen molar-refractivity contribution in [1.82, 2.24) is 10.2 Å². The van der Waals surface area contributed by atoms with Gasteiger partial charge in [0.1, 0.15) is 5.75 Å². The van der Waals surface area contributed by atoms with E-state index in [9.17, 15) is 0 Å². The molecule has 1 aromatic carbocycles. The first-order valence-corrected chi connectivity index (χ1v) is 5.57. The monoisotopic (exact) mass is 233 g/mol. The number of hydrogen-bond donors (Lipinski definition) is 1. The van der Waals surface area contributed by atoms with Crippen LogP contribution in [0, 0.1) is 0 Å². The standard InChI is InChI=1S/C12H15N3O2/c13-8-6-11-14-15-12(17-11)7-9-16-10-4-2-1-3-5-10/h1-5H,6-9,13H2. The molecule has 5 heteroatoms. The molecule has 0 aliphatic rings. The van der Waals surface area contributed by atoms with Crippen LogP contribution in [0.2, 0.25) is 0 Å². The minimum Gasteiger partial charge on any atom is -0.493 e. The van der Waals surface area contributed by atoms with Gasteiger partial charge in [0.25, 0.3) is 0 Å². The summed E-state index contributed by atoms with van der Waals surface area (Å²) >= 11 is 0. The van der Waals surface area contributed by atoms with Gasteiger partial charge in [-0.1, -0.05) is 18.2 Å². The largest absolute Gasteiger partial charge is 0.493 e. The van der Waals surface area contributed by atoms with Gasteiger partial charge in [0.15, 0.2) is 0 Å². The Labute approximate surface area is 99.6 Å². The second-order valence-corrected chi connectivity index (χ2v) is 3.54. The van der Waals surface area contributed by atoms with Gasteiger partial charge in [0, 0.05) is 13.0 Å². The Bertz CT molecular complexity index is 442. The maximum absolute atomic E-state index is 5.53. The molecule has 0 bridgehead atoms. The van der Waals surface area contributed by atoms with Crippen molar-refractivity contribution in [2.24, 2.45) is 5.73 Å². The lowest BCUT2D eigenvalue weighted by atomic mass is 10.3. The number of aromatic nitrogens is 2. The molecule has 5 nitrogen and oxygen atoms in total.